The molecule has 9 nitrogen and oxygen atoms in total. The number of rotatable bonds is 5. The fourth-order valence-electron chi connectivity index (χ4n) is 3.14. The van der Waals surface area contributed by atoms with Crippen LogP contribution in [0.4, 0.5) is 5.69 Å². The Balaban J connectivity index is 1.73. The molecule has 26 heavy (non-hydrogen) atoms. The zero-order chi connectivity index (χ0) is 18.8. The average Bonchev–Trinajstić information content (AvgIpc) is 2.93. The Morgan fingerprint density at radius 1 is 1.35 bits per heavy atom. The van der Waals surface area contributed by atoms with Gasteiger partial charge in [-0.15, -0.1) is 0 Å². The minimum absolute atomic E-state index is 0.305. The number of aliphatic carboxylic acids is 1. The van der Waals surface area contributed by atoms with Gasteiger partial charge in [0.2, 0.25) is 11.8 Å². The number of carboxylic acid groups (broad SMARTS) is 1. The van der Waals surface area contributed by atoms with Crippen molar-refractivity contribution in [1.82, 2.24) is 10.2 Å². The van der Waals surface area contributed by atoms with Crippen molar-refractivity contribution in [2.24, 2.45) is 0 Å². The minimum atomic E-state index is -1.19. The lowest BCUT2D eigenvalue weighted by atomic mass is 10.1. The molecule has 1 fully saturated rings. The molecule has 0 aromatic heterocycles. The first kappa shape index (κ1) is 18.2. The number of ether oxygens (including phenoxy) is 1. The Bertz CT molecular complexity index is 783. The van der Waals surface area contributed by atoms with Crippen molar-refractivity contribution in [3.05, 3.63) is 28.8 Å². The highest BCUT2D eigenvalue weighted by atomic mass is 35.5. The van der Waals surface area contributed by atoms with Crippen LogP contribution in [0.15, 0.2) is 18.2 Å². The maximum Gasteiger partial charge on any atom is 0.329 e. The summed E-state index contributed by atoms with van der Waals surface area (Å²) in [5.41, 5.74) is 0.666. The van der Waals surface area contributed by atoms with Crippen molar-refractivity contribution in [3.8, 4) is 0 Å². The molecule has 3 N–H and O–H groups in total. The molecular weight excluding hydrogens is 366 g/mol. The van der Waals surface area contributed by atoms with Gasteiger partial charge in [-0.05, 0) is 24.6 Å². The van der Waals surface area contributed by atoms with Crippen LogP contribution in [0.25, 0.3) is 0 Å². The Hall–Kier alpha value is -2.65. The van der Waals surface area contributed by atoms with E-state index in [2.05, 4.69) is 10.6 Å². The van der Waals surface area contributed by atoms with Crippen LogP contribution in [-0.4, -0.2) is 65.5 Å². The van der Waals surface area contributed by atoms with E-state index in [0.717, 1.165) is 0 Å². The van der Waals surface area contributed by atoms with Gasteiger partial charge < -0.3 is 25.4 Å². The molecule has 0 aliphatic carbocycles. The molecule has 1 aromatic carbocycles. The van der Waals surface area contributed by atoms with E-state index < -0.39 is 43.1 Å². The quantitative estimate of drug-likeness (QED) is 0.664. The van der Waals surface area contributed by atoms with Crippen molar-refractivity contribution in [1.29, 1.82) is 0 Å². The van der Waals surface area contributed by atoms with E-state index in [1.807, 2.05) is 0 Å². The van der Waals surface area contributed by atoms with E-state index in [4.69, 9.17) is 21.4 Å². The topological polar surface area (TPSA) is 125 Å². The predicted octanol–water partition coefficient (Wildman–Crippen LogP) is 0.0926. The van der Waals surface area contributed by atoms with E-state index in [1.165, 1.54) is 11.0 Å². The summed E-state index contributed by atoms with van der Waals surface area (Å²) in [6.45, 7) is -0.733. The average molecular weight is 382 g/mol. The number of carbonyl (C=O) groups is 4. The number of nitrogens with zero attached hydrogens (tertiary/aromatic N) is 1. The van der Waals surface area contributed by atoms with E-state index in [0.29, 0.717) is 29.2 Å². The van der Waals surface area contributed by atoms with Crippen LogP contribution in [-0.2, 0) is 19.1 Å². The molecule has 0 spiro atoms. The van der Waals surface area contributed by atoms with Crippen molar-refractivity contribution >= 4 is 41.0 Å². The van der Waals surface area contributed by atoms with Crippen molar-refractivity contribution in [3.63, 3.8) is 0 Å². The molecule has 3 rings (SSSR count). The van der Waals surface area contributed by atoms with Gasteiger partial charge in [-0.25, -0.2) is 4.79 Å². The first-order chi connectivity index (χ1) is 12.4. The number of benzene rings is 1. The first-order valence-corrected chi connectivity index (χ1v) is 8.25. The van der Waals surface area contributed by atoms with Gasteiger partial charge in [0.05, 0.1) is 17.3 Å². The summed E-state index contributed by atoms with van der Waals surface area (Å²) in [6, 6.07) is 3.16. The van der Waals surface area contributed by atoms with E-state index >= 15 is 0 Å². The van der Waals surface area contributed by atoms with E-state index in [-0.39, 0.29) is 5.91 Å². The number of halogens is 1. The number of nitrogens with one attached hydrogen (secondary N) is 2. The number of fused-ring (bicyclic) bond motifs is 2. The van der Waals surface area contributed by atoms with Crippen LogP contribution < -0.4 is 10.6 Å². The summed E-state index contributed by atoms with van der Waals surface area (Å²) in [5.74, 6) is -2.48. The molecule has 0 saturated carbocycles. The zero-order valence-electron chi connectivity index (χ0n) is 13.5. The normalized spacial score (nSPS) is 21.5. The molecule has 10 heteroatoms. The number of carbonyl (C=O) groups excluding carboxylic acids is 3. The molecular formula is C16H16ClN3O6. The minimum Gasteiger partial charge on any atom is -0.480 e. The number of anilines is 1. The Kier molecular flexibility index (Phi) is 5.10. The third kappa shape index (κ3) is 3.63. The van der Waals surface area contributed by atoms with Crippen LogP contribution >= 0.6 is 11.6 Å². The molecule has 0 bridgehead atoms. The maximum atomic E-state index is 12.7. The SMILES string of the molecule is O=C(O)COCC(=O)N[C@H]1CCN2C(=O)c3ccc(Cl)cc3NC(=O)[C@H]12. The third-order valence-corrected chi connectivity index (χ3v) is 4.44. The van der Waals surface area contributed by atoms with Gasteiger partial charge in [0.25, 0.3) is 5.91 Å². The summed E-state index contributed by atoms with van der Waals surface area (Å²) in [4.78, 5) is 49.1. The predicted molar refractivity (Wildman–Crippen MR) is 89.9 cm³/mol. The van der Waals surface area contributed by atoms with Gasteiger partial charge in [0.1, 0.15) is 19.3 Å². The van der Waals surface area contributed by atoms with Crippen LogP contribution in [0, 0.1) is 0 Å². The molecule has 138 valence electrons. The monoisotopic (exact) mass is 381 g/mol. The standard InChI is InChI=1S/C16H16ClN3O6/c17-8-1-2-9-11(5-8)19-15(24)14-10(3-4-20(14)16(9)25)18-12(21)6-26-7-13(22)23/h1-2,5,10,14H,3-4,6-7H2,(H,18,21)(H,19,24)(H,22,23)/t10-,14-/m0/s1. The summed E-state index contributed by atoms with van der Waals surface area (Å²) in [7, 11) is 0. The molecule has 2 aliphatic heterocycles. The van der Waals surface area contributed by atoms with Crippen LogP contribution in [0.5, 0.6) is 0 Å². The van der Waals surface area contributed by atoms with Gasteiger partial charge in [0.15, 0.2) is 0 Å². The fourth-order valence-corrected chi connectivity index (χ4v) is 3.31. The molecule has 2 aliphatic rings. The first-order valence-electron chi connectivity index (χ1n) is 7.87. The summed E-state index contributed by atoms with van der Waals surface area (Å²) < 4.78 is 4.73. The van der Waals surface area contributed by atoms with Gasteiger partial charge >= 0.3 is 5.97 Å². The smallest absolute Gasteiger partial charge is 0.329 e. The van der Waals surface area contributed by atoms with Crippen LogP contribution in [0.1, 0.15) is 16.8 Å². The van der Waals surface area contributed by atoms with Crippen LogP contribution in [0.2, 0.25) is 5.02 Å². The number of hydrogen-bond donors (Lipinski definition) is 3. The second-order valence-electron chi connectivity index (χ2n) is 5.97. The zero-order valence-corrected chi connectivity index (χ0v) is 14.3. The molecule has 0 radical (unpaired) electrons. The lowest BCUT2D eigenvalue weighted by molar-refractivity contribution is -0.143. The third-order valence-electron chi connectivity index (χ3n) is 4.20. The number of amides is 3. The maximum absolute atomic E-state index is 12.7. The van der Waals surface area contributed by atoms with Gasteiger partial charge in [-0.2, -0.15) is 0 Å². The van der Waals surface area contributed by atoms with Gasteiger partial charge in [0, 0.05) is 11.6 Å². The second kappa shape index (κ2) is 7.30. The molecule has 1 aromatic rings. The highest BCUT2D eigenvalue weighted by molar-refractivity contribution is 6.31. The number of carboxylic acids is 1. The van der Waals surface area contributed by atoms with Crippen LogP contribution in [0.3, 0.4) is 0 Å². The lowest BCUT2D eigenvalue weighted by Gasteiger charge is -2.24. The highest BCUT2D eigenvalue weighted by Gasteiger charge is 2.45. The van der Waals surface area contributed by atoms with E-state index in [1.54, 1.807) is 12.1 Å². The largest absolute Gasteiger partial charge is 0.480 e. The Morgan fingerprint density at radius 3 is 2.85 bits per heavy atom. The van der Waals surface area contributed by atoms with Gasteiger partial charge in [-0.1, -0.05) is 11.6 Å². The summed E-state index contributed by atoms with van der Waals surface area (Å²) >= 11 is 5.93. The van der Waals surface area contributed by atoms with Crippen molar-refractivity contribution < 1.29 is 29.0 Å². The second-order valence-corrected chi connectivity index (χ2v) is 6.41. The molecule has 2 atom stereocenters. The fraction of sp³-hybridized carbons (Fsp3) is 0.375. The van der Waals surface area contributed by atoms with Gasteiger partial charge in [-0.3, -0.25) is 14.4 Å². The summed E-state index contributed by atoms with van der Waals surface area (Å²) in [5, 5.41) is 14.2. The lowest BCUT2D eigenvalue weighted by Crippen LogP contribution is -2.52. The molecule has 1 saturated heterocycles. The van der Waals surface area contributed by atoms with Crippen molar-refractivity contribution in [2.75, 3.05) is 25.1 Å². The van der Waals surface area contributed by atoms with Crippen molar-refractivity contribution in [2.45, 2.75) is 18.5 Å². The summed E-state index contributed by atoms with van der Waals surface area (Å²) in [6.07, 6.45) is 0.400. The Labute approximate surface area is 153 Å². The van der Waals surface area contributed by atoms with E-state index in [9.17, 15) is 19.2 Å². The molecule has 0 unspecified atom stereocenters. The number of hydrogen-bond acceptors (Lipinski definition) is 5. The molecule has 3 amide bonds. The highest BCUT2D eigenvalue weighted by Crippen LogP contribution is 2.30. The molecule has 2 heterocycles. The Morgan fingerprint density at radius 2 is 2.12 bits per heavy atom.